The first kappa shape index (κ1) is 17.8. The van der Waals surface area contributed by atoms with E-state index in [1.165, 1.54) is 0 Å². The number of hydrogen-bond donors (Lipinski definition) is 2. The molecule has 1 aliphatic rings. The summed E-state index contributed by atoms with van der Waals surface area (Å²) in [4.78, 5) is 37.9. The molecule has 1 aromatic heterocycles. The number of aryl methyl sites for hydroxylation is 1. The van der Waals surface area contributed by atoms with E-state index in [1.807, 2.05) is 60.3 Å². The molecular weight excluding hydrogens is 356 g/mol. The number of aromatic nitrogens is 1. The first-order valence-electron chi connectivity index (χ1n) is 8.96. The molecule has 0 fully saturated rings. The number of carbonyl (C=O) groups is 3. The minimum absolute atomic E-state index is 0.158. The van der Waals surface area contributed by atoms with E-state index in [-0.39, 0.29) is 25.0 Å². The molecule has 2 aromatic carbocycles. The summed E-state index contributed by atoms with van der Waals surface area (Å²) < 4.78 is 2.02. The molecule has 3 aromatic rings. The molecule has 0 saturated carbocycles. The topological polar surface area (TPSA) is 97.4 Å². The summed E-state index contributed by atoms with van der Waals surface area (Å²) in [5, 5.41) is 3.49. The average Bonchev–Trinajstić information content (AvgIpc) is 3.16. The molecule has 28 heavy (non-hydrogen) atoms. The van der Waals surface area contributed by atoms with Crippen molar-refractivity contribution in [1.29, 1.82) is 0 Å². The van der Waals surface area contributed by atoms with Crippen LogP contribution >= 0.6 is 0 Å². The van der Waals surface area contributed by atoms with Crippen molar-refractivity contribution < 1.29 is 14.4 Å². The van der Waals surface area contributed by atoms with Crippen LogP contribution in [0, 0.1) is 0 Å². The molecule has 1 aliphatic heterocycles. The fourth-order valence-corrected chi connectivity index (χ4v) is 3.86. The highest BCUT2D eigenvalue weighted by Crippen LogP contribution is 2.41. The molecular formula is C21H20N4O3. The Morgan fingerprint density at radius 1 is 1.07 bits per heavy atom. The van der Waals surface area contributed by atoms with Gasteiger partial charge in [0.15, 0.2) is 0 Å². The fraction of sp³-hybridized carbons (Fsp3) is 0.190. The SMILES string of the molecule is Cn1cc(C2c3ccccc3C(=O)N2CC(=O)NCC(N)=O)c2ccccc21. The summed E-state index contributed by atoms with van der Waals surface area (Å²) in [6.45, 7) is -0.415. The van der Waals surface area contributed by atoms with Crippen LogP contribution in [0.4, 0.5) is 0 Å². The Morgan fingerprint density at radius 2 is 1.79 bits per heavy atom. The number of amides is 3. The predicted octanol–water partition coefficient (Wildman–Crippen LogP) is 1.33. The Bertz CT molecular complexity index is 1100. The van der Waals surface area contributed by atoms with Crippen LogP contribution in [0.15, 0.2) is 54.7 Å². The molecule has 0 saturated heterocycles. The number of rotatable bonds is 5. The summed E-state index contributed by atoms with van der Waals surface area (Å²) in [5.41, 5.74) is 8.55. The van der Waals surface area contributed by atoms with Gasteiger partial charge in [-0.25, -0.2) is 0 Å². The van der Waals surface area contributed by atoms with E-state index in [9.17, 15) is 14.4 Å². The number of carbonyl (C=O) groups excluding carboxylic acids is 3. The molecule has 0 aliphatic carbocycles. The average molecular weight is 376 g/mol. The van der Waals surface area contributed by atoms with Crippen LogP contribution in [0.3, 0.4) is 0 Å². The Morgan fingerprint density at radius 3 is 2.57 bits per heavy atom. The molecule has 4 rings (SSSR count). The molecule has 1 unspecified atom stereocenters. The third-order valence-electron chi connectivity index (χ3n) is 5.05. The van der Waals surface area contributed by atoms with E-state index in [4.69, 9.17) is 5.73 Å². The largest absolute Gasteiger partial charge is 0.368 e. The smallest absolute Gasteiger partial charge is 0.255 e. The van der Waals surface area contributed by atoms with Crippen LogP contribution in [0.1, 0.15) is 27.5 Å². The van der Waals surface area contributed by atoms with Gasteiger partial charge in [-0.15, -0.1) is 0 Å². The van der Waals surface area contributed by atoms with Gasteiger partial charge in [-0.2, -0.15) is 0 Å². The van der Waals surface area contributed by atoms with Gasteiger partial charge in [0.2, 0.25) is 11.8 Å². The molecule has 0 radical (unpaired) electrons. The maximum absolute atomic E-state index is 13.0. The number of nitrogens with zero attached hydrogens (tertiary/aromatic N) is 2. The van der Waals surface area contributed by atoms with E-state index in [0.717, 1.165) is 22.0 Å². The number of benzene rings is 2. The number of primary amides is 1. The fourth-order valence-electron chi connectivity index (χ4n) is 3.86. The molecule has 3 N–H and O–H groups in total. The molecule has 7 heteroatoms. The van der Waals surface area contributed by atoms with Gasteiger partial charge in [-0.1, -0.05) is 36.4 Å². The number of nitrogens with one attached hydrogen (secondary N) is 1. The summed E-state index contributed by atoms with van der Waals surface area (Å²) in [7, 11) is 1.96. The second-order valence-corrected chi connectivity index (χ2v) is 6.88. The molecule has 0 bridgehead atoms. The van der Waals surface area contributed by atoms with E-state index < -0.39 is 11.8 Å². The zero-order valence-corrected chi connectivity index (χ0v) is 15.4. The summed E-state index contributed by atoms with van der Waals surface area (Å²) in [6, 6.07) is 15.0. The monoisotopic (exact) mass is 376 g/mol. The van der Waals surface area contributed by atoms with E-state index >= 15 is 0 Å². The standard InChI is InChI=1S/C21H20N4O3/c1-24-11-16(13-6-4-5-9-17(13)24)20-14-7-2-3-8-15(14)21(28)25(20)12-19(27)23-10-18(22)26/h2-9,11,20H,10,12H2,1H3,(H2,22,26)(H,23,27). The zero-order chi connectivity index (χ0) is 19.8. The van der Waals surface area contributed by atoms with Gasteiger partial charge in [-0.05, 0) is 17.7 Å². The highest BCUT2D eigenvalue weighted by atomic mass is 16.2. The van der Waals surface area contributed by atoms with Crippen LogP contribution < -0.4 is 11.1 Å². The highest BCUT2D eigenvalue weighted by molar-refractivity contribution is 6.02. The van der Waals surface area contributed by atoms with Crippen LogP contribution in [0.25, 0.3) is 10.9 Å². The van der Waals surface area contributed by atoms with Crippen molar-refractivity contribution in [2.45, 2.75) is 6.04 Å². The summed E-state index contributed by atoms with van der Waals surface area (Å²) in [6.07, 6.45) is 2.00. The third-order valence-corrected chi connectivity index (χ3v) is 5.05. The second kappa shape index (κ2) is 6.84. The van der Waals surface area contributed by atoms with Crippen LogP contribution in [-0.2, 0) is 16.6 Å². The minimum Gasteiger partial charge on any atom is -0.368 e. The van der Waals surface area contributed by atoms with Gasteiger partial charge < -0.3 is 20.5 Å². The molecule has 1 atom stereocenters. The lowest BCUT2D eigenvalue weighted by atomic mass is 9.97. The quantitative estimate of drug-likeness (QED) is 0.703. The van der Waals surface area contributed by atoms with Gasteiger partial charge >= 0.3 is 0 Å². The highest BCUT2D eigenvalue weighted by Gasteiger charge is 2.39. The van der Waals surface area contributed by atoms with Gasteiger partial charge in [-0.3, -0.25) is 14.4 Å². The summed E-state index contributed by atoms with van der Waals surface area (Å²) >= 11 is 0. The molecule has 7 nitrogen and oxygen atoms in total. The number of para-hydroxylation sites is 1. The predicted molar refractivity (Wildman–Crippen MR) is 104 cm³/mol. The minimum atomic E-state index is -0.630. The van der Waals surface area contributed by atoms with E-state index in [1.54, 1.807) is 11.0 Å². The Labute approximate surface area is 161 Å². The zero-order valence-electron chi connectivity index (χ0n) is 15.4. The lowest BCUT2D eigenvalue weighted by Gasteiger charge is -2.25. The van der Waals surface area contributed by atoms with Gasteiger partial charge in [0.25, 0.3) is 5.91 Å². The van der Waals surface area contributed by atoms with Crippen molar-refractivity contribution in [1.82, 2.24) is 14.8 Å². The Balaban J connectivity index is 1.78. The van der Waals surface area contributed by atoms with Crippen molar-refractivity contribution in [2.24, 2.45) is 12.8 Å². The summed E-state index contributed by atoms with van der Waals surface area (Å²) in [5.74, 6) is -1.26. The van der Waals surface area contributed by atoms with Crippen molar-refractivity contribution in [3.05, 3.63) is 71.4 Å². The number of nitrogens with two attached hydrogens (primary N) is 1. The first-order valence-corrected chi connectivity index (χ1v) is 8.96. The second-order valence-electron chi connectivity index (χ2n) is 6.88. The van der Waals surface area contributed by atoms with Gasteiger partial charge in [0, 0.05) is 35.3 Å². The normalized spacial score (nSPS) is 15.7. The molecule has 142 valence electrons. The molecule has 2 heterocycles. The van der Waals surface area contributed by atoms with Gasteiger partial charge in [0.05, 0.1) is 12.6 Å². The van der Waals surface area contributed by atoms with Crippen LogP contribution in [0.5, 0.6) is 0 Å². The van der Waals surface area contributed by atoms with Crippen molar-refractivity contribution in [3.8, 4) is 0 Å². The maximum atomic E-state index is 13.0. The van der Waals surface area contributed by atoms with Crippen molar-refractivity contribution in [2.75, 3.05) is 13.1 Å². The van der Waals surface area contributed by atoms with Crippen molar-refractivity contribution >= 4 is 28.6 Å². The van der Waals surface area contributed by atoms with Gasteiger partial charge in [0.1, 0.15) is 6.54 Å². The lowest BCUT2D eigenvalue weighted by molar-refractivity contribution is -0.125. The third kappa shape index (κ3) is 2.90. The molecule has 3 amide bonds. The van der Waals surface area contributed by atoms with E-state index in [2.05, 4.69) is 5.32 Å². The Hall–Kier alpha value is -3.61. The first-order chi connectivity index (χ1) is 13.5. The molecule has 0 spiro atoms. The maximum Gasteiger partial charge on any atom is 0.255 e. The lowest BCUT2D eigenvalue weighted by Crippen LogP contribution is -2.42. The number of hydrogen-bond acceptors (Lipinski definition) is 3. The van der Waals surface area contributed by atoms with Crippen LogP contribution in [0.2, 0.25) is 0 Å². The van der Waals surface area contributed by atoms with E-state index in [0.29, 0.717) is 5.56 Å². The Kier molecular flexibility index (Phi) is 4.35. The number of fused-ring (bicyclic) bond motifs is 2. The van der Waals surface area contributed by atoms with Crippen molar-refractivity contribution in [3.63, 3.8) is 0 Å². The van der Waals surface area contributed by atoms with Crippen LogP contribution in [-0.4, -0.2) is 40.3 Å².